The van der Waals surface area contributed by atoms with Crippen molar-refractivity contribution in [3.05, 3.63) is 131 Å². The van der Waals surface area contributed by atoms with Crippen LogP contribution in [-0.2, 0) is 14.3 Å². The highest BCUT2D eigenvalue weighted by atomic mass is 16.5. The highest BCUT2D eigenvalue weighted by molar-refractivity contribution is 6.10. The summed E-state index contributed by atoms with van der Waals surface area (Å²) in [6.07, 6.45) is -2.11. The Morgan fingerprint density at radius 2 is 1.13 bits per heavy atom. The summed E-state index contributed by atoms with van der Waals surface area (Å²) >= 11 is 0. The number of amides is 6. The van der Waals surface area contributed by atoms with Crippen LogP contribution in [0.25, 0.3) is 0 Å². The lowest BCUT2D eigenvalue weighted by atomic mass is 10.1. The second-order valence-electron chi connectivity index (χ2n) is 13.9. The Bertz CT molecular complexity index is 2550. The lowest BCUT2D eigenvalue weighted by molar-refractivity contribution is -0.134. The van der Waals surface area contributed by atoms with Gasteiger partial charge in [0.05, 0.1) is 35.7 Å². The Labute approximate surface area is 359 Å². The van der Waals surface area contributed by atoms with Gasteiger partial charge >= 0.3 is 5.97 Å². The summed E-state index contributed by atoms with van der Waals surface area (Å²) in [4.78, 5) is 89.8. The van der Waals surface area contributed by atoms with E-state index in [4.69, 9.17) is 25.7 Å². The number of anilines is 5. The van der Waals surface area contributed by atoms with Gasteiger partial charge in [0, 0.05) is 40.9 Å². The van der Waals surface area contributed by atoms with Crippen LogP contribution in [0.5, 0.6) is 17.2 Å². The number of benzene rings is 5. The van der Waals surface area contributed by atoms with Crippen molar-refractivity contribution < 1.29 is 58.0 Å². The molecule has 0 saturated heterocycles. The minimum absolute atomic E-state index is 0.0109. The maximum Gasteiger partial charge on any atom is 0.335 e. The van der Waals surface area contributed by atoms with E-state index in [9.17, 15) is 43.8 Å². The summed E-state index contributed by atoms with van der Waals surface area (Å²) in [6.45, 7) is 3.33. The number of aromatic carboxylic acids is 1. The summed E-state index contributed by atoms with van der Waals surface area (Å²) in [5, 5.41) is 33.4. The normalized spacial score (nSPS) is 11.6. The van der Waals surface area contributed by atoms with E-state index in [0.717, 1.165) is 7.11 Å². The number of phenols is 1. The molecule has 5 aromatic carbocycles. The molecule has 19 heteroatoms. The molecule has 5 rings (SSSR count). The van der Waals surface area contributed by atoms with Crippen molar-refractivity contribution in [1.29, 1.82) is 0 Å². The van der Waals surface area contributed by atoms with Crippen molar-refractivity contribution in [3.63, 3.8) is 0 Å². The summed E-state index contributed by atoms with van der Waals surface area (Å²) in [5.41, 5.74) is 12.6. The number of nitrogens with two attached hydrogens (primary N) is 2. The Kier molecular flexibility index (Phi) is 14.6. The number of carboxylic acid groups (broad SMARTS) is 1. The average molecular weight is 862 g/mol. The monoisotopic (exact) mass is 861 g/mol. The van der Waals surface area contributed by atoms with Crippen LogP contribution in [0.4, 0.5) is 28.4 Å². The second kappa shape index (κ2) is 20.2. The Morgan fingerprint density at radius 3 is 1.67 bits per heavy atom. The van der Waals surface area contributed by atoms with E-state index in [0.29, 0.717) is 16.9 Å². The number of nitrogen functional groups attached to an aromatic ring is 1. The Balaban J connectivity index is 1.27. The number of hydrogen-bond acceptors (Lipinski definition) is 12. The number of rotatable bonds is 17. The molecule has 11 N–H and O–H groups in total. The maximum absolute atomic E-state index is 13.5. The van der Waals surface area contributed by atoms with Crippen LogP contribution in [0.2, 0.25) is 0 Å². The van der Waals surface area contributed by atoms with E-state index in [2.05, 4.69) is 26.6 Å². The smallest absolute Gasteiger partial charge is 0.335 e. The molecular weight excluding hydrogens is 819 g/mol. The number of ether oxygens (including phenoxy) is 3. The fourth-order valence-corrected chi connectivity index (χ4v) is 5.91. The van der Waals surface area contributed by atoms with Gasteiger partial charge < -0.3 is 62.5 Å². The number of phenolic OH excluding ortho intramolecular Hbond substituents is 1. The highest BCUT2D eigenvalue weighted by Gasteiger charge is 2.34. The lowest BCUT2D eigenvalue weighted by Gasteiger charge is -2.24. The predicted octanol–water partition coefficient (Wildman–Crippen LogP) is 4.46. The molecule has 5 aromatic rings. The molecule has 2 atom stereocenters. The lowest BCUT2D eigenvalue weighted by Crippen LogP contribution is -2.56. The number of carbonyl (C=O) groups is 7. The van der Waals surface area contributed by atoms with Crippen LogP contribution in [0.15, 0.2) is 103 Å². The molecule has 63 heavy (non-hydrogen) atoms. The van der Waals surface area contributed by atoms with E-state index in [1.165, 1.54) is 86.0 Å². The van der Waals surface area contributed by atoms with Crippen LogP contribution < -0.4 is 47.5 Å². The third-order valence-electron chi connectivity index (χ3n) is 9.07. The third kappa shape index (κ3) is 11.4. The van der Waals surface area contributed by atoms with E-state index < -0.39 is 65.4 Å². The van der Waals surface area contributed by atoms with Gasteiger partial charge in [0.2, 0.25) is 11.8 Å². The molecule has 0 aromatic heterocycles. The third-order valence-corrected chi connectivity index (χ3v) is 9.07. The van der Waals surface area contributed by atoms with Crippen LogP contribution in [-0.4, -0.2) is 84.1 Å². The number of primary amides is 1. The van der Waals surface area contributed by atoms with Gasteiger partial charge in [0.15, 0.2) is 17.6 Å². The van der Waals surface area contributed by atoms with Crippen molar-refractivity contribution in [3.8, 4) is 17.2 Å². The molecule has 0 aliphatic heterocycles. The van der Waals surface area contributed by atoms with Gasteiger partial charge in [-0.1, -0.05) is 0 Å². The molecule has 0 aliphatic carbocycles. The molecular formula is C44H43N7O12. The van der Waals surface area contributed by atoms with Crippen molar-refractivity contribution in [1.82, 2.24) is 5.32 Å². The van der Waals surface area contributed by atoms with Crippen molar-refractivity contribution in [2.75, 3.05) is 41.2 Å². The van der Waals surface area contributed by atoms with Crippen molar-refractivity contribution in [2.24, 2.45) is 5.73 Å². The van der Waals surface area contributed by atoms with Gasteiger partial charge in [-0.3, -0.25) is 28.8 Å². The number of aromatic hydroxyl groups is 1. The van der Waals surface area contributed by atoms with E-state index in [1.807, 2.05) is 0 Å². The molecule has 0 spiro atoms. The van der Waals surface area contributed by atoms with E-state index in [1.54, 1.807) is 38.1 Å². The van der Waals surface area contributed by atoms with Gasteiger partial charge in [-0.15, -0.1) is 0 Å². The summed E-state index contributed by atoms with van der Waals surface area (Å²) < 4.78 is 16.2. The number of methoxy groups -OCH3 is 2. The van der Waals surface area contributed by atoms with Crippen LogP contribution >= 0.6 is 0 Å². The highest BCUT2D eigenvalue weighted by Crippen LogP contribution is 2.39. The summed E-state index contributed by atoms with van der Waals surface area (Å²) in [7, 11) is 2.43. The van der Waals surface area contributed by atoms with Gasteiger partial charge in [-0.25, -0.2) is 4.79 Å². The first-order chi connectivity index (χ1) is 30.0. The predicted molar refractivity (Wildman–Crippen MR) is 231 cm³/mol. The standard InChI is InChI=1S/C44H43N7O12/c1-22(2)63-36-32(20-18-30(35(36)52)42(57)49-31-19-11-26(44(59)60)21-33(31)61-3)50-40(55)24-7-16-29(17-8-24)48-43(58)34(37(62-4)38(46)53)51-41(56)25-9-14-28(15-10-25)47-39(54)23-5-12-27(45)13-6-23/h5-22,34,37,52H,45H2,1-4H3,(H2,46,53)(H,47,54)(H,48,58)(H,49,57)(H,50,55)(H,51,56)(H,59,60). The van der Waals surface area contributed by atoms with Crippen molar-refractivity contribution in [2.45, 2.75) is 32.1 Å². The van der Waals surface area contributed by atoms with E-state index in [-0.39, 0.29) is 50.8 Å². The van der Waals surface area contributed by atoms with Crippen LogP contribution in [0.3, 0.4) is 0 Å². The van der Waals surface area contributed by atoms with Gasteiger partial charge in [0.1, 0.15) is 11.8 Å². The fourth-order valence-electron chi connectivity index (χ4n) is 5.91. The average Bonchev–Trinajstić information content (AvgIpc) is 3.25. The van der Waals surface area contributed by atoms with Gasteiger partial charge in [-0.05, 0) is 117 Å². The molecule has 2 unspecified atom stereocenters. The van der Waals surface area contributed by atoms with Gasteiger partial charge in [0.25, 0.3) is 23.6 Å². The SMILES string of the molecule is COc1cc(C(=O)O)ccc1NC(=O)c1ccc(NC(=O)c2ccc(NC(=O)C(NC(=O)c3ccc(NC(=O)c4ccc(N)cc4)cc3)C(OC)C(N)=O)cc2)c(OC(C)C)c1O. The second-order valence-corrected chi connectivity index (χ2v) is 13.9. The number of carboxylic acids is 1. The molecule has 326 valence electrons. The zero-order valence-electron chi connectivity index (χ0n) is 34.2. The molecule has 0 bridgehead atoms. The number of hydrogen-bond donors (Lipinski definition) is 9. The quantitative estimate of drug-likeness (QED) is 0.0584. The first-order valence-corrected chi connectivity index (χ1v) is 18.9. The molecule has 0 aliphatic rings. The molecule has 6 amide bonds. The molecule has 0 fully saturated rings. The first-order valence-electron chi connectivity index (χ1n) is 18.9. The largest absolute Gasteiger partial charge is 0.504 e. The molecule has 19 nitrogen and oxygen atoms in total. The Morgan fingerprint density at radius 1 is 0.619 bits per heavy atom. The minimum Gasteiger partial charge on any atom is -0.504 e. The fraction of sp³-hybridized carbons (Fsp3) is 0.159. The molecule has 0 radical (unpaired) electrons. The number of carbonyl (C=O) groups excluding carboxylic acids is 6. The first kappa shape index (κ1) is 45.6. The zero-order valence-corrected chi connectivity index (χ0v) is 34.2. The van der Waals surface area contributed by atoms with Gasteiger partial charge in [-0.2, -0.15) is 0 Å². The van der Waals surface area contributed by atoms with Crippen molar-refractivity contribution >= 4 is 69.8 Å². The molecule has 0 saturated carbocycles. The minimum atomic E-state index is -1.62. The van der Waals surface area contributed by atoms with E-state index >= 15 is 0 Å². The van der Waals surface area contributed by atoms with Crippen LogP contribution in [0.1, 0.15) is 65.6 Å². The molecule has 0 heterocycles. The summed E-state index contributed by atoms with van der Waals surface area (Å²) in [5.74, 6) is -6.51. The maximum atomic E-state index is 13.5. The topological polar surface area (TPSA) is 300 Å². The number of nitrogens with one attached hydrogen (secondary N) is 5. The zero-order chi connectivity index (χ0) is 46.0. The Hall–Kier alpha value is -8.45. The summed E-state index contributed by atoms with van der Waals surface area (Å²) in [6, 6.07) is 22.3. The van der Waals surface area contributed by atoms with Crippen LogP contribution in [0, 0.1) is 0 Å².